The van der Waals surface area contributed by atoms with Crippen LogP contribution < -0.4 is 0 Å². The maximum Gasteiger partial charge on any atom is 0.270 e. The fourth-order valence-electron chi connectivity index (χ4n) is 3.33. The molecule has 1 N–H and O–H groups in total. The van der Waals surface area contributed by atoms with Gasteiger partial charge in [-0.1, -0.05) is 41.8 Å². The van der Waals surface area contributed by atoms with Crippen LogP contribution >= 0.6 is 15.9 Å². The molecule has 1 aliphatic rings. The van der Waals surface area contributed by atoms with Crippen LogP contribution in [0.4, 0.5) is 5.69 Å². The summed E-state index contributed by atoms with van der Waals surface area (Å²) in [5, 5.41) is 21.0. The van der Waals surface area contributed by atoms with Gasteiger partial charge in [-0.2, -0.15) is 0 Å². The van der Waals surface area contributed by atoms with Crippen molar-refractivity contribution in [1.29, 1.82) is 0 Å². The van der Waals surface area contributed by atoms with Gasteiger partial charge in [-0.25, -0.2) is 0 Å². The largest absolute Gasteiger partial charge is 0.393 e. The van der Waals surface area contributed by atoms with E-state index in [9.17, 15) is 15.2 Å². The lowest BCUT2D eigenvalue weighted by atomic mass is 9.75. The van der Waals surface area contributed by atoms with Crippen molar-refractivity contribution in [2.45, 2.75) is 51.6 Å². The maximum atomic E-state index is 10.8. The van der Waals surface area contributed by atoms with Crippen LogP contribution in [0.15, 0.2) is 22.7 Å². The van der Waals surface area contributed by atoms with Gasteiger partial charge in [0, 0.05) is 16.6 Å². The number of aliphatic hydroxyl groups excluding tert-OH is 1. The first-order valence-electron chi connectivity index (χ1n) is 7.62. The molecule has 1 aliphatic carbocycles. The highest BCUT2D eigenvalue weighted by molar-refractivity contribution is 9.10. The molecule has 1 aromatic rings. The summed E-state index contributed by atoms with van der Waals surface area (Å²) in [6.07, 6.45) is 5.99. The number of nitro groups is 1. The van der Waals surface area contributed by atoms with Crippen LogP contribution in [0.1, 0.15) is 44.6 Å². The van der Waals surface area contributed by atoms with Crippen molar-refractivity contribution in [3.8, 4) is 0 Å². The number of hydrogen-bond acceptors (Lipinski definition) is 3. The number of benzene rings is 1. The van der Waals surface area contributed by atoms with Crippen LogP contribution in [-0.2, 0) is 6.42 Å². The van der Waals surface area contributed by atoms with Gasteiger partial charge in [0.1, 0.15) is 0 Å². The SMILES string of the molecule is CCCC1CCC(O)C(Cc2ccc([N+](=O)[O-])cc2Br)C1. The summed E-state index contributed by atoms with van der Waals surface area (Å²) in [6, 6.07) is 4.89. The summed E-state index contributed by atoms with van der Waals surface area (Å²) in [6.45, 7) is 2.20. The second-order valence-corrected chi connectivity index (χ2v) is 6.89. The van der Waals surface area contributed by atoms with Gasteiger partial charge in [-0.05, 0) is 43.1 Å². The number of rotatable bonds is 5. The summed E-state index contributed by atoms with van der Waals surface area (Å²) in [5.41, 5.74) is 1.14. The van der Waals surface area contributed by atoms with Gasteiger partial charge < -0.3 is 5.11 Å². The molecule has 5 heteroatoms. The van der Waals surface area contributed by atoms with Gasteiger partial charge in [0.05, 0.1) is 11.0 Å². The monoisotopic (exact) mass is 355 g/mol. The molecule has 0 amide bonds. The van der Waals surface area contributed by atoms with E-state index in [4.69, 9.17) is 0 Å². The van der Waals surface area contributed by atoms with Crippen molar-refractivity contribution in [1.82, 2.24) is 0 Å². The van der Waals surface area contributed by atoms with Gasteiger partial charge in [-0.3, -0.25) is 10.1 Å². The Labute approximate surface area is 133 Å². The lowest BCUT2D eigenvalue weighted by Crippen LogP contribution is -2.30. The number of halogens is 1. The molecule has 0 bridgehead atoms. The van der Waals surface area contributed by atoms with Crippen LogP contribution in [-0.4, -0.2) is 16.1 Å². The molecule has 4 nitrogen and oxygen atoms in total. The predicted octanol–water partition coefficient (Wildman–Crippen LogP) is 4.48. The van der Waals surface area contributed by atoms with Gasteiger partial charge in [-0.15, -0.1) is 0 Å². The summed E-state index contributed by atoms with van der Waals surface area (Å²) in [5.74, 6) is 0.966. The Balaban J connectivity index is 2.07. The second kappa shape index (κ2) is 7.36. The second-order valence-electron chi connectivity index (χ2n) is 6.03. The number of aliphatic hydroxyl groups is 1. The number of non-ortho nitro benzene ring substituents is 1. The minimum Gasteiger partial charge on any atom is -0.393 e. The number of nitro benzene ring substituents is 1. The summed E-state index contributed by atoms with van der Waals surface area (Å²) >= 11 is 3.42. The van der Waals surface area contributed by atoms with E-state index in [-0.39, 0.29) is 22.6 Å². The van der Waals surface area contributed by atoms with Crippen molar-refractivity contribution in [2.75, 3.05) is 0 Å². The van der Waals surface area contributed by atoms with Crippen LogP contribution in [0, 0.1) is 22.0 Å². The van der Waals surface area contributed by atoms with E-state index in [1.54, 1.807) is 18.2 Å². The van der Waals surface area contributed by atoms with Crippen molar-refractivity contribution >= 4 is 21.6 Å². The quantitative estimate of drug-likeness (QED) is 0.625. The molecule has 0 aromatic heterocycles. The summed E-state index contributed by atoms with van der Waals surface area (Å²) in [7, 11) is 0. The number of nitrogens with zero attached hydrogens (tertiary/aromatic N) is 1. The number of hydrogen-bond donors (Lipinski definition) is 1. The fraction of sp³-hybridized carbons (Fsp3) is 0.625. The molecule has 21 heavy (non-hydrogen) atoms. The highest BCUT2D eigenvalue weighted by Gasteiger charge is 2.29. The van der Waals surface area contributed by atoms with Crippen molar-refractivity contribution < 1.29 is 10.0 Å². The molecule has 0 heterocycles. The smallest absolute Gasteiger partial charge is 0.270 e. The lowest BCUT2D eigenvalue weighted by molar-refractivity contribution is -0.384. The van der Waals surface area contributed by atoms with Crippen LogP contribution in [0.25, 0.3) is 0 Å². The molecular formula is C16H22BrNO3. The Hall–Kier alpha value is -0.940. The molecule has 1 fully saturated rings. The molecule has 1 saturated carbocycles. The van der Waals surface area contributed by atoms with E-state index in [1.165, 1.54) is 12.8 Å². The Kier molecular flexibility index (Phi) is 5.76. The molecule has 0 spiro atoms. The van der Waals surface area contributed by atoms with Crippen molar-refractivity contribution in [2.24, 2.45) is 11.8 Å². The Morgan fingerprint density at radius 2 is 2.19 bits per heavy atom. The zero-order valence-electron chi connectivity index (χ0n) is 12.3. The maximum absolute atomic E-state index is 10.8. The topological polar surface area (TPSA) is 63.4 Å². The average Bonchev–Trinajstić information content (AvgIpc) is 2.44. The van der Waals surface area contributed by atoms with Crippen LogP contribution in [0.3, 0.4) is 0 Å². The van der Waals surface area contributed by atoms with E-state index < -0.39 is 0 Å². The molecule has 116 valence electrons. The lowest BCUT2D eigenvalue weighted by Gasteiger charge is -2.33. The summed E-state index contributed by atoms with van der Waals surface area (Å²) < 4.78 is 0.765. The first-order valence-corrected chi connectivity index (χ1v) is 8.41. The molecule has 2 rings (SSSR count). The minimum atomic E-state index is -0.388. The van der Waals surface area contributed by atoms with Gasteiger partial charge >= 0.3 is 0 Å². The van der Waals surface area contributed by atoms with Gasteiger partial charge in [0.15, 0.2) is 0 Å². The standard InChI is InChI=1S/C16H22BrNO3/c1-2-3-11-4-7-16(19)13(8-11)9-12-5-6-14(18(20)21)10-15(12)17/h5-6,10-11,13,16,19H,2-4,7-9H2,1H3. The molecule has 1 aromatic carbocycles. The first kappa shape index (κ1) is 16.4. The van der Waals surface area contributed by atoms with E-state index in [1.807, 2.05) is 0 Å². The molecule has 0 aliphatic heterocycles. The van der Waals surface area contributed by atoms with Crippen molar-refractivity contribution in [3.63, 3.8) is 0 Å². The third-order valence-corrected chi connectivity index (χ3v) is 5.22. The normalized spacial score (nSPS) is 25.8. The van der Waals surface area contributed by atoms with Gasteiger partial charge in [0.2, 0.25) is 0 Å². The molecular weight excluding hydrogens is 334 g/mol. The molecule has 3 atom stereocenters. The van der Waals surface area contributed by atoms with E-state index in [0.717, 1.165) is 35.7 Å². The highest BCUT2D eigenvalue weighted by atomic mass is 79.9. The third kappa shape index (κ3) is 4.27. The predicted molar refractivity (Wildman–Crippen MR) is 86.2 cm³/mol. The van der Waals surface area contributed by atoms with E-state index >= 15 is 0 Å². The summed E-state index contributed by atoms with van der Waals surface area (Å²) in [4.78, 5) is 10.4. The molecule has 0 saturated heterocycles. The fourth-order valence-corrected chi connectivity index (χ4v) is 3.86. The van der Waals surface area contributed by atoms with Crippen molar-refractivity contribution in [3.05, 3.63) is 38.3 Å². The average molecular weight is 356 g/mol. The van der Waals surface area contributed by atoms with E-state index in [2.05, 4.69) is 22.9 Å². The minimum absolute atomic E-state index is 0.0960. The Bertz CT molecular complexity index is 506. The van der Waals surface area contributed by atoms with Gasteiger partial charge in [0.25, 0.3) is 5.69 Å². The van der Waals surface area contributed by atoms with Crippen LogP contribution in [0.5, 0.6) is 0 Å². The Morgan fingerprint density at radius 1 is 1.43 bits per heavy atom. The molecule has 3 unspecified atom stereocenters. The molecule has 0 radical (unpaired) electrons. The van der Waals surface area contributed by atoms with E-state index in [0.29, 0.717) is 5.92 Å². The highest BCUT2D eigenvalue weighted by Crippen LogP contribution is 2.35. The third-order valence-electron chi connectivity index (χ3n) is 4.48. The first-order chi connectivity index (χ1) is 10.0. The van der Waals surface area contributed by atoms with Crippen LogP contribution in [0.2, 0.25) is 0 Å². The Morgan fingerprint density at radius 3 is 2.81 bits per heavy atom. The zero-order valence-corrected chi connectivity index (χ0v) is 13.9. The zero-order chi connectivity index (χ0) is 15.4.